The van der Waals surface area contributed by atoms with E-state index in [4.69, 9.17) is 4.74 Å². The zero-order chi connectivity index (χ0) is 18.6. The van der Waals surface area contributed by atoms with Crippen LogP contribution in [0.4, 0.5) is 9.18 Å². The highest BCUT2D eigenvalue weighted by atomic mass is 19.1. The van der Waals surface area contributed by atoms with Crippen molar-refractivity contribution in [3.8, 4) is 5.75 Å². The monoisotopic (exact) mass is 369 g/mol. The number of likely N-dealkylation sites (tertiary alicyclic amines) is 1. The Kier molecular flexibility index (Phi) is 5.25. The number of halogens is 1. The zero-order valence-corrected chi connectivity index (χ0v) is 15.3. The summed E-state index contributed by atoms with van der Waals surface area (Å²) in [6, 6.07) is 16.5. The number of carbonyl (C=O) groups is 1. The molecule has 0 bridgehead atoms. The summed E-state index contributed by atoms with van der Waals surface area (Å²) in [4.78, 5) is 18.7. The summed E-state index contributed by atoms with van der Waals surface area (Å²) in [5.41, 5.74) is 1.31. The van der Waals surface area contributed by atoms with E-state index in [-0.39, 0.29) is 18.0 Å². The number of rotatable bonds is 4. The van der Waals surface area contributed by atoms with Crippen LogP contribution >= 0.6 is 0 Å². The maximum atomic E-state index is 12.9. The van der Waals surface area contributed by atoms with Gasteiger partial charge in [0.05, 0.1) is 13.1 Å². The van der Waals surface area contributed by atoms with Crippen molar-refractivity contribution in [1.82, 2.24) is 14.7 Å². The lowest BCUT2D eigenvalue weighted by Gasteiger charge is -2.43. The molecule has 0 atom stereocenters. The van der Waals surface area contributed by atoms with Crippen molar-refractivity contribution in [2.45, 2.75) is 12.6 Å². The van der Waals surface area contributed by atoms with Crippen LogP contribution in [0.15, 0.2) is 54.6 Å². The van der Waals surface area contributed by atoms with Gasteiger partial charge in [0, 0.05) is 32.7 Å². The highest BCUT2D eigenvalue weighted by Crippen LogP contribution is 2.20. The fraction of sp³-hybridized carbons (Fsp3) is 0.381. The van der Waals surface area contributed by atoms with Crippen LogP contribution in [0.2, 0.25) is 0 Å². The van der Waals surface area contributed by atoms with E-state index in [1.165, 1.54) is 17.7 Å². The molecule has 6 heteroatoms. The van der Waals surface area contributed by atoms with E-state index >= 15 is 0 Å². The van der Waals surface area contributed by atoms with Crippen LogP contribution in [0.5, 0.6) is 5.75 Å². The Bertz CT molecular complexity index is 755. The summed E-state index contributed by atoms with van der Waals surface area (Å²) in [6.07, 6.45) is -0.0150. The molecule has 0 N–H and O–H groups in total. The van der Waals surface area contributed by atoms with Gasteiger partial charge in [-0.1, -0.05) is 30.3 Å². The molecular formula is C21H24FN3O2. The smallest absolute Gasteiger partial charge is 0.320 e. The van der Waals surface area contributed by atoms with E-state index in [9.17, 15) is 9.18 Å². The predicted octanol–water partition coefficient (Wildman–Crippen LogP) is 2.83. The lowest BCUT2D eigenvalue weighted by Crippen LogP contribution is -2.61. The molecule has 0 saturated carbocycles. The van der Waals surface area contributed by atoms with Gasteiger partial charge >= 0.3 is 6.03 Å². The first-order chi connectivity index (χ1) is 13.2. The molecule has 2 heterocycles. The number of nitrogens with zero attached hydrogens (tertiary/aromatic N) is 3. The lowest BCUT2D eigenvalue weighted by atomic mass is 10.1. The Morgan fingerprint density at radius 1 is 0.926 bits per heavy atom. The van der Waals surface area contributed by atoms with Gasteiger partial charge in [0.15, 0.2) is 0 Å². The molecule has 0 aromatic heterocycles. The number of urea groups is 1. The van der Waals surface area contributed by atoms with Crippen molar-refractivity contribution in [2.75, 3.05) is 39.3 Å². The Labute approximate surface area is 158 Å². The first kappa shape index (κ1) is 17.8. The van der Waals surface area contributed by atoms with Crippen molar-refractivity contribution in [3.63, 3.8) is 0 Å². The van der Waals surface area contributed by atoms with Crippen LogP contribution in [0, 0.1) is 5.82 Å². The molecule has 2 saturated heterocycles. The summed E-state index contributed by atoms with van der Waals surface area (Å²) >= 11 is 0. The summed E-state index contributed by atoms with van der Waals surface area (Å²) in [6.45, 7) is 5.40. The van der Waals surface area contributed by atoms with Crippen molar-refractivity contribution in [3.05, 3.63) is 66.0 Å². The Balaban J connectivity index is 1.20. The molecule has 2 aromatic carbocycles. The summed E-state index contributed by atoms with van der Waals surface area (Å²) in [7, 11) is 0. The zero-order valence-electron chi connectivity index (χ0n) is 15.3. The molecule has 5 nitrogen and oxygen atoms in total. The number of piperazine rings is 1. The largest absolute Gasteiger partial charge is 0.487 e. The van der Waals surface area contributed by atoms with Gasteiger partial charge < -0.3 is 14.5 Å². The molecule has 0 unspecified atom stereocenters. The summed E-state index contributed by atoms with van der Waals surface area (Å²) in [5, 5.41) is 0. The third-order valence-electron chi connectivity index (χ3n) is 5.13. The van der Waals surface area contributed by atoms with Crippen LogP contribution in [0.3, 0.4) is 0 Å². The van der Waals surface area contributed by atoms with Crippen LogP contribution in [-0.2, 0) is 6.54 Å². The van der Waals surface area contributed by atoms with E-state index in [0.29, 0.717) is 18.8 Å². The van der Waals surface area contributed by atoms with Gasteiger partial charge in [-0.3, -0.25) is 4.90 Å². The van der Waals surface area contributed by atoms with Gasteiger partial charge in [-0.2, -0.15) is 0 Å². The fourth-order valence-corrected chi connectivity index (χ4v) is 3.51. The number of ether oxygens (including phenoxy) is 1. The minimum atomic E-state index is -0.279. The van der Waals surface area contributed by atoms with Gasteiger partial charge in [0.2, 0.25) is 0 Å². The highest BCUT2D eigenvalue weighted by Gasteiger charge is 2.35. The molecule has 0 aliphatic carbocycles. The van der Waals surface area contributed by atoms with E-state index in [1.54, 1.807) is 12.1 Å². The Morgan fingerprint density at radius 2 is 1.59 bits per heavy atom. The average Bonchev–Trinajstić information content (AvgIpc) is 2.67. The third kappa shape index (κ3) is 4.39. The minimum Gasteiger partial charge on any atom is -0.487 e. The maximum absolute atomic E-state index is 12.9. The number of carbonyl (C=O) groups excluding carboxylic acids is 1. The number of benzene rings is 2. The second-order valence-electron chi connectivity index (χ2n) is 7.13. The van der Waals surface area contributed by atoms with Gasteiger partial charge in [0.25, 0.3) is 0 Å². The molecule has 2 amide bonds. The molecule has 0 spiro atoms. The van der Waals surface area contributed by atoms with E-state index < -0.39 is 0 Å². The summed E-state index contributed by atoms with van der Waals surface area (Å²) in [5.74, 6) is 0.363. The average molecular weight is 369 g/mol. The quantitative estimate of drug-likeness (QED) is 0.832. The van der Waals surface area contributed by atoms with Crippen LogP contribution < -0.4 is 4.74 Å². The molecule has 2 fully saturated rings. The number of amides is 2. The number of hydrogen-bond donors (Lipinski definition) is 0. The van der Waals surface area contributed by atoms with Gasteiger partial charge in [-0.25, -0.2) is 9.18 Å². The molecule has 2 aliphatic rings. The summed E-state index contributed by atoms with van der Waals surface area (Å²) < 4.78 is 18.7. The van der Waals surface area contributed by atoms with Crippen molar-refractivity contribution < 1.29 is 13.9 Å². The van der Waals surface area contributed by atoms with Crippen LogP contribution in [-0.4, -0.2) is 66.1 Å². The predicted molar refractivity (Wildman–Crippen MR) is 101 cm³/mol. The standard InChI is InChI=1S/C21H24FN3O2/c22-18-6-8-19(9-7-18)27-20-15-25(16-20)21(26)24-12-10-23(11-13-24)14-17-4-2-1-3-5-17/h1-9,20H,10-16H2. The molecule has 4 rings (SSSR count). The molecule has 142 valence electrons. The molecule has 27 heavy (non-hydrogen) atoms. The van der Waals surface area contributed by atoms with Crippen molar-refractivity contribution in [2.24, 2.45) is 0 Å². The Morgan fingerprint density at radius 3 is 2.26 bits per heavy atom. The third-order valence-corrected chi connectivity index (χ3v) is 5.13. The number of hydrogen-bond acceptors (Lipinski definition) is 3. The van der Waals surface area contributed by atoms with Crippen LogP contribution in [0.25, 0.3) is 0 Å². The van der Waals surface area contributed by atoms with Crippen LogP contribution in [0.1, 0.15) is 5.56 Å². The first-order valence-electron chi connectivity index (χ1n) is 9.40. The molecule has 0 radical (unpaired) electrons. The highest BCUT2D eigenvalue weighted by molar-refractivity contribution is 5.75. The second kappa shape index (κ2) is 7.96. The van der Waals surface area contributed by atoms with Gasteiger partial charge in [-0.05, 0) is 29.8 Å². The first-order valence-corrected chi connectivity index (χ1v) is 9.40. The topological polar surface area (TPSA) is 36.0 Å². The minimum absolute atomic E-state index is 0.0150. The van der Waals surface area contributed by atoms with E-state index in [1.807, 2.05) is 15.9 Å². The van der Waals surface area contributed by atoms with E-state index in [0.717, 1.165) is 32.7 Å². The fourth-order valence-electron chi connectivity index (χ4n) is 3.51. The molecular weight excluding hydrogens is 345 g/mol. The van der Waals surface area contributed by atoms with Crippen molar-refractivity contribution >= 4 is 6.03 Å². The van der Waals surface area contributed by atoms with Crippen molar-refractivity contribution in [1.29, 1.82) is 0 Å². The normalized spacial score (nSPS) is 18.3. The molecule has 2 aliphatic heterocycles. The Hall–Kier alpha value is -2.60. The lowest BCUT2D eigenvalue weighted by molar-refractivity contribution is 0.0239. The maximum Gasteiger partial charge on any atom is 0.320 e. The SMILES string of the molecule is O=C(N1CCN(Cc2ccccc2)CC1)N1CC(Oc2ccc(F)cc2)C1. The van der Waals surface area contributed by atoms with Gasteiger partial charge in [0.1, 0.15) is 17.7 Å². The van der Waals surface area contributed by atoms with E-state index in [2.05, 4.69) is 29.2 Å². The van der Waals surface area contributed by atoms with Gasteiger partial charge in [-0.15, -0.1) is 0 Å². The molecule has 2 aromatic rings. The second-order valence-corrected chi connectivity index (χ2v) is 7.13.